The van der Waals surface area contributed by atoms with Crippen LogP contribution in [0.1, 0.15) is 4.88 Å². The molecule has 0 radical (unpaired) electrons. The number of piperazine rings is 1. The van der Waals surface area contributed by atoms with Gasteiger partial charge in [0.2, 0.25) is 10.0 Å². The van der Waals surface area contributed by atoms with Gasteiger partial charge in [-0.25, -0.2) is 18.9 Å². The van der Waals surface area contributed by atoms with Crippen LogP contribution in [0, 0.1) is 10.1 Å². The average molecular weight is 439 g/mol. The number of carbonyl (C=O) groups excluding carboxylic acids is 1. The summed E-state index contributed by atoms with van der Waals surface area (Å²) in [4.78, 5) is 28.1. The molecule has 0 bridgehead atoms. The van der Waals surface area contributed by atoms with Crippen molar-refractivity contribution in [3.05, 3.63) is 51.5 Å². The van der Waals surface area contributed by atoms with Crippen molar-refractivity contribution < 1.29 is 23.3 Å². The molecule has 0 spiro atoms. The number of nitro benzene ring substituents is 1. The third-order valence-corrected chi connectivity index (χ3v) is 7.15. The Morgan fingerprint density at radius 2 is 1.90 bits per heavy atom. The predicted octanol–water partition coefficient (Wildman–Crippen LogP) is 1.08. The molecule has 3 rings (SSSR count). The fourth-order valence-corrected chi connectivity index (χ4v) is 5.00. The van der Waals surface area contributed by atoms with Gasteiger partial charge in [-0.2, -0.15) is 4.31 Å². The van der Waals surface area contributed by atoms with Crippen molar-refractivity contribution in [2.75, 3.05) is 31.1 Å². The number of amides is 1. The lowest BCUT2D eigenvalue weighted by atomic mass is 10.3. The molecule has 1 aromatic carbocycles. The van der Waals surface area contributed by atoms with Crippen molar-refractivity contribution >= 4 is 44.2 Å². The van der Waals surface area contributed by atoms with E-state index in [-0.39, 0.29) is 23.7 Å². The van der Waals surface area contributed by atoms with Gasteiger partial charge in [-0.3, -0.25) is 20.1 Å². The number of nitrogens with zero attached hydrogens (tertiary/aromatic N) is 4. The van der Waals surface area contributed by atoms with Gasteiger partial charge in [0.15, 0.2) is 5.13 Å². The maximum absolute atomic E-state index is 12.8. The van der Waals surface area contributed by atoms with E-state index in [1.807, 2.05) is 4.90 Å². The molecule has 13 heteroatoms. The number of aromatic nitrogens is 1. The summed E-state index contributed by atoms with van der Waals surface area (Å²) in [5, 5.41) is 19.9. The number of nitrogens with one attached hydrogen (secondary N) is 1. The number of carbonyl (C=O) groups is 1. The predicted molar refractivity (Wildman–Crippen MR) is 105 cm³/mol. The van der Waals surface area contributed by atoms with Crippen molar-refractivity contribution in [3.63, 3.8) is 0 Å². The van der Waals surface area contributed by atoms with Crippen molar-refractivity contribution in [2.45, 2.75) is 4.90 Å². The second-order valence-electron chi connectivity index (χ2n) is 6.00. The molecule has 2 aromatic rings. The Balaban J connectivity index is 1.64. The first-order valence-corrected chi connectivity index (χ1v) is 10.6. The number of hydroxylamine groups is 1. The zero-order chi connectivity index (χ0) is 21.0. The first kappa shape index (κ1) is 20.9. The number of non-ortho nitro benzene ring substituents is 1. The molecule has 2 heterocycles. The number of rotatable bonds is 6. The van der Waals surface area contributed by atoms with Gasteiger partial charge in [0, 0.05) is 55.5 Å². The third-order valence-electron chi connectivity index (χ3n) is 4.22. The first-order chi connectivity index (χ1) is 13.8. The van der Waals surface area contributed by atoms with Crippen LogP contribution in [0.25, 0.3) is 6.08 Å². The van der Waals surface area contributed by atoms with Gasteiger partial charge < -0.3 is 4.90 Å². The Morgan fingerprint density at radius 1 is 1.24 bits per heavy atom. The third kappa shape index (κ3) is 4.76. The van der Waals surface area contributed by atoms with E-state index in [1.165, 1.54) is 57.5 Å². The van der Waals surface area contributed by atoms with Crippen LogP contribution in [0.2, 0.25) is 0 Å². The summed E-state index contributed by atoms with van der Waals surface area (Å²) in [5.41, 5.74) is 1.33. The van der Waals surface area contributed by atoms with Crippen molar-refractivity contribution in [2.24, 2.45) is 0 Å². The van der Waals surface area contributed by atoms with Gasteiger partial charge in [-0.15, -0.1) is 0 Å². The lowest BCUT2D eigenvalue weighted by molar-refractivity contribution is -0.384. The van der Waals surface area contributed by atoms with E-state index < -0.39 is 20.9 Å². The van der Waals surface area contributed by atoms with Gasteiger partial charge in [-0.1, -0.05) is 11.3 Å². The van der Waals surface area contributed by atoms with E-state index in [0.29, 0.717) is 23.1 Å². The van der Waals surface area contributed by atoms with Crippen LogP contribution >= 0.6 is 11.3 Å². The molecule has 1 saturated heterocycles. The van der Waals surface area contributed by atoms with Crippen LogP contribution in [-0.2, 0) is 14.8 Å². The summed E-state index contributed by atoms with van der Waals surface area (Å²) < 4.78 is 26.8. The van der Waals surface area contributed by atoms with Gasteiger partial charge in [0.25, 0.3) is 11.6 Å². The smallest absolute Gasteiger partial charge is 0.269 e. The highest BCUT2D eigenvalue weighted by Gasteiger charge is 2.29. The quantitative estimate of drug-likeness (QED) is 0.294. The van der Waals surface area contributed by atoms with E-state index in [0.717, 1.165) is 0 Å². The summed E-state index contributed by atoms with van der Waals surface area (Å²) in [6, 6.07) is 4.82. The van der Waals surface area contributed by atoms with Crippen molar-refractivity contribution in [1.82, 2.24) is 14.8 Å². The number of sulfonamides is 1. The molecule has 1 aliphatic rings. The number of hydrogen-bond acceptors (Lipinski definition) is 9. The monoisotopic (exact) mass is 439 g/mol. The Kier molecular flexibility index (Phi) is 6.22. The van der Waals surface area contributed by atoms with Crippen LogP contribution in [0.5, 0.6) is 0 Å². The molecule has 0 unspecified atom stereocenters. The molecule has 0 atom stereocenters. The van der Waals surface area contributed by atoms with Crippen LogP contribution in [-0.4, -0.2) is 59.9 Å². The summed E-state index contributed by atoms with van der Waals surface area (Å²) in [7, 11) is -3.74. The zero-order valence-corrected chi connectivity index (χ0v) is 16.6. The lowest BCUT2D eigenvalue weighted by Crippen LogP contribution is -2.48. The van der Waals surface area contributed by atoms with Crippen molar-refractivity contribution in [1.29, 1.82) is 0 Å². The molecule has 1 amide bonds. The number of thiazole rings is 1. The van der Waals surface area contributed by atoms with Crippen LogP contribution in [0.3, 0.4) is 0 Å². The molecule has 0 saturated carbocycles. The lowest BCUT2D eigenvalue weighted by Gasteiger charge is -2.33. The fourth-order valence-electron chi connectivity index (χ4n) is 2.70. The van der Waals surface area contributed by atoms with E-state index in [1.54, 1.807) is 6.20 Å². The van der Waals surface area contributed by atoms with E-state index >= 15 is 0 Å². The highest BCUT2D eigenvalue weighted by atomic mass is 32.2. The normalized spacial score (nSPS) is 15.6. The van der Waals surface area contributed by atoms with Gasteiger partial charge in [0.1, 0.15) is 0 Å². The molecule has 1 fully saturated rings. The van der Waals surface area contributed by atoms with Crippen LogP contribution < -0.4 is 10.4 Å². The minimum absolute atomic E-state index is 0.0142. The van der Waals surface area contributed by atoms with Gasteiger partial charge >= 0.3 is 0 Å². The molecular formula is C16H17N5O6S2. The summed E-state index contributed by atoms with van der Waals surface area (Å²) in [6.45, 7) is 1.36. The zero-order valence-electron chi connectivity index (χ0n) is 15.0. The average Bonchev–Trinajstić information content (AvgIpc) is 3.21. The molecule has 154 valence electrons. The summed E-state index contributed by atoms with van der Waals surface area (Å²) in [6.07, 6.45) is 4.27. The second kappa shape index (κ2) is 8.65. The fraction of sp³-hybridized carbons (Fsp3) is 0.250. The Hall–Kier alpha value is -2.87. The molecule has 1 aliphatic heterocycles. The maximum Gasteiger partial charge on any atom is 0.269 e. The molecule has 29 heavy (non-hydrogen) atoms. The SMILES string of the molecule is O=C(C=Cc1cnc(N2CCN(S(=O)(=O)c3ccc([N+](=O)[O-])cc3)CC2)s1)NO. The standard InChI is InChI=1S/C16H17N5O6S2/c22-15(18-23)6-3-13-11-17-16(28-13)19-7-9-20(10-8-19)29(26,27)14-4-1-12(2-5-14)21(24)25/h1-6,11,23H,7-10H2,(H,18,22). The largest absolute Gasteiger partial charge is 0.345 e. The number of nitro groups is 1. The highest BCUT2D eigenvalue weighted by Crippen LogP contribution is 2.26. The number of benzene rings is 1. The molecule has 0 aliphatic carbocycles. The molecule has 2 N–H and O–H groups in total. The summed E-state index contributed by atoms with van der Waals surface area (Å²) >= 11 is 1.34. The van der Waals surface area contributed by atoms with E-state index in [9.17, 15) is 23.3 Å². The number of hydrogen-bond donors (Lipinski definition) is 2. The molecule has 1 aromatic heterocycles. The first-order valence-electron chi connectivity index (χ1n) is 8.39. The minimum Gasteiger partial charge on any atom is -0.345 e. The van der Waals surface area contributed by atoms with Crippen LogP contribution in [0.4, 0.5) is 10.8 Å². The van der Waals surface area contributed by atoms with Gasteiger partial charge in [0.05, 0.1) is 9.82 Å². The van der Waals surface area contributed by atoms with Crippen LogP contribution in [0.15, 0.2) is 41.4 Å². The maximum atomic E-state index is 12.8. The van der Waals surface area contributed by atoms with E-state index in [4.69, 9.17) is 5.21 Å². The Bertz CT molecular complexity index is 1030. The molecular weight excluding hydrogens is 422 g/mol. The topological polar surface area (TPSA) is 146 Å². The minimum atomic E-state index is -3.74. The summed E-state index contributed by atoms with van der Waals surface area (Å²) in [5.74, 6) is -0.648. The van der Waals surface area contributed by atoms with Gasteiger partial charge in [-0.05, 0) is 18.2 Å². The molecule has 11 nitrogen and oxygen atoms in total. The second-order valence-corrected chi connectivity index (χ2v) is 8.98. The van der Waals surface area contributed by atoms with E-state index in [2.05, 4.69) is 4.98 Å². The Labute approximate surface area is 170 Å². The van der Waals surface area contributed by atoms with Crippen molar-refractivity contribution in [3.8, 4) is 0 Å². The Morgan fingerprint density at radius 3 is 2.48 bits per heavy atom. The number of anilines is 1. The highest BCUT2D eigenvalue weighted by molar-refractivity contribution is 7.89.